The number of benzene rings is 1. The molecule has 0 radical (unpaired) electrons. The lowest BCUT2D eigenvalue weighted by molar-refractivity contribution is 0.102. The first kappa shape index (κ1) is 14.4. The predicted octanol–water partition coefficient (Wildman–Crippen LogP) is 3.43. The van der Waals surface area contributed by atoms with Crippen LogP contribution in [0.4, 0.5) is 0 Å². The minimum Gasteiger partial charge on any atom is -0.293 e. The maximum absolute atomic E-state index is 12.1. The van der Waals surface area contributed by atoms with Gasteiger partial charge in [0, 0.05) is 22.1 Å². The van der Waals surface area contributed by atoms with Crippen LogP contribution >= 0.6 is 0 Å². The SMILES string of the molecule is Cc1ccc(C(=O)CS(=O)CC2CCCC2)cc1C. The molecule has 2 rings (SSSR count). The Kier molecular flexibility index (Phi) is 4.92. The second-order valence-corrected chi connectivity index (χ2v) is 7.13. The van der Waals surface area contributed by atoms with Gasteiger partial charge in [0.05, 0.1) is 5.75 Å². The second-order valence-electron chi connectivity index (χ2n) is 5.62. The van der Waals surface area contributed by atoms with Crippen LogP contribution in [-0.2, 0) is 10.8 Å². The molecule has 1 aromatic rings. The van der Waals surface area contributed by atoms with Gasteiger partial charge in [-0.3, -0.25) is 9.00 Å². The fourth-order valence-electron chi connectivity index (χ4n) is 2.64. The molecule has 0 saturated heterocycles. The Morgan fingerprint density at radius 1 is 1.21 bits per heavy atom. The highest BCUT2D eigenvalue weighted by molar-refractivity contribution is 7.85. The minimum atomic E-state index is -1.00. The predicted molar refractivity (Wildman–Crippen MR) is 80.1 cm³/mol. The van der Waals surface area contributed by atoms with Gasteiger partial charge in [0.15, 0.2) is 5.78 Å². The molecule has 1 aliphatic rings. The molecule has 19 heavy (non-hydrogen) atoms. The Hall–Kier alpha value is -0.960. The summed E-state index contributed by atoms with van der Waals surface area (Å²) in [7, 11) is -1.00. The summed E-state index contributed by atoms with van der Waals surface area (Å²) >= 11 is 0. The summed E-state index contributed by atoms with van der Waals surface area (Å²) < 4.78 is 12.0. The van der Waals surface area contributed by atoms with E-state index < -0.39 is 10.8 Å². The average Bonchev–Trinajstić information content (AvgIpc) is 2.85. The molecule has 2 nitrogen and oxygen atoms in total. The third-order valence-corrected chi connectivity index (χ3v) is 5.44. The van der Waals surface area contributed by atoms with Crippen LogP contribution in [0.15, 0.2) is 18.2 Å². The highest BCUT2D eigenvalue weighted by atomic mass is 32.2. The number of hydrogen-bond donors (Lipinski definition) is 0. The summed E-state index contributed by atoms with van der Waals surface area (Å²) in [4.78, 5) is 12.1. The number of Topliss-reactive ketones (excluding diaryl/α,β-unsaturated/α-hetero) is 1. The van der Waals surface area contributed by atoms with E-state index in [1.807, 2.05) is 32.0 Å². The molecule has 0 bridgehead atoms. The molecule has 1 aliphatic carbocycles. The van der Waals surface area contributed by atoms with Gasteiger partial charge in [0.25, 0.3) is 0 Å². The average molecular weight is 278 g/mol. The standard InChI is InChI=1S/C16H22O2S/c1-12-7-8-15(9-13(12)2)16(17)11-19(18)10-14-5-3-4-6-14/h7-9,14H,3-6,10-11H2,1-2H3. The molecule has 1 fully saturated rings. The van der Waals surface area contributed by atoms with E-state index in [2.05, 4.69) is 0 Å². The number of hydrogen-bond acceptors (Lipinski definition) is 2. The molecule has 1 atom stereocenters. The molecule has 1 saturated carbocycles. The van der Waals surface area contributed by atoms with Crippen molar-refractivity contribution in [1.29, 1.82) is 0 Å². The molecule has 0 aromatic heterocycles. The summed E-state index contributed by atoms with van der Waals surface area (Å²) in [6.45, 7) is 4.03. The van der Waals surface area contributed by atoms with E-state index in [9.17, 15) is 9.00 Å². The molecule has 0 amide bonds. The van der Waals surface area contributed by atoms with Crippen LogP contribution in [0.1, 0.15) is 47.2 Å². The Morgan fingerprint density at radius 3 is 2.53 bits per heavy atom. The molecular formula is C16H22O2S. The lowest BCUT2D eigenvalue weighted by atomic mass is 10.0. The number of aryl methyl sites for hydroxylation is 2. The highest BCUT2D eigenvalue weighted by Crippen LogP contribution is 2.25. The van der Waals surface area contributed by atoms with Crippen LogP contribution in [-0.4, -0.2) is 21.5 Å². The largest absolute Gasteiger partial charge is 0.293 e. The number of ketones is 1. The molecule has 104 valence electrons. The molecule has 0 spiro atoms. The fourth-order valence-corrected chi connectivity index (χ4v) is 4.08. The van der Waals surface area contributed by atoms with Crippen molar-refractivity contribution in [2.24, 2.45) is 5.92 Å². The maximum Gasteiger partial charge on any atom is 0.175 e. The Morgan fingerprint density at radius 2 is 1.89 bits per heavy atom. The van der Waals surface area contributed by atoms with Gasteiger partial charge in [-0.2, -0.15) is 0 Å². The van der Waals surface area contributed by atoms with E-state index in [0.717, 1.165) is 5.56 Å². The van der Waals surface area contributed by atoms with Gasteiger partial charge in [-0.15, -0.1) is 0 Å². The van der Waals surface area contributed by atoms with Crippen molar-refractivity contribution in [3.05, 3.63) is 34.9 Å². The summed E-state index contributed by atoms with van der Waals surface area (Å²) in [5.41, 5.74) is 3.00. The first-order chi connectivity index (χ1) is 9.06. The Balaban J connectivity index is 1.92. The fraction of sp³-hybridized carbons (Fsp3) is 0.562. The van der Waals surface area contributed by atoms with Gasteiger partial charge in [0.1, 0.15) is 0 Å². The van der Waals surface area contributed by atoms with E-state index in [1.54, 1.807) is 0 Å². The van der Waals surface area contributed by atoms with Crippen LogP contribution in [0.2, 0.25) is 0 Å². The molecule has 0 heterocycles. The third kappa shape index (κ3) is 4.00. The quantitative estimate of drug-likeness (QED) is 0.773. The molecular weight excluding hydrogens is 256 g/mol. The molecule has 0 N–H and O–H groups in total. The second kappa shape index (κ2) is 6.47. The minimum absolute atomic E-state index is 0.0134. The number of carbonyl (C=O) groups excluding carboxylic acids is 1. The van der Waals surface area contributed by atoms with E-state index in [4.69, 9.17) is 0 Å². The lowest BCUT2D eigenvalue weighted by Crippen LogP contribution is -2.17. The summed E-state index contributed by atoms with van der Waals surface area (Å²) in [5.74, 6) is 1.48. The lowest BCUT2D eigenvalue weighted by Gasteiger charge is -2.08. The molecule has 1 aromatic carbocycles. The van der Waals surface area contributed by atoms with Crippen LogP contribution in [0.25, 0.3) is 0 Å². The molecule has 0 aliphatic heterocycles. The smallest absolute Gasteiger partial charge is 0.175 e. The third-order valence-electron chi connectivity index (χ3n) is 4.02. The summed E-state index contributed by atoms with van der Waals surface area (Å²) in [5, 5.41) is 0. The van der Waals surface area contributed by atoms with Crippen molar-refractivity contribution >= 4 is 16.6 Å². The number of carbonyl (C=O) groups is 1. The van der Waals surface area contributed by atoms with Crippen molar-refractivity contribution in [3.63, 3.8) is 0 Å². The van der Waals surface area contributed by atoms with Crippen molar-refractivity contribution in [1.82, 2.24) is 0 Å². The van der Waals surface area contributed by atoms with Gasteiger partial charge >= 0.3 is 0 Å². The van der Waals surface area contributed by atoms with Crippen molar-refractivity contribution in [3.8, 4) is 0 Å². The van der Waals surface area contributed by atoms with Gasteiger partial charge in [-0.05, 0) is 49.8 Å². The highest BCUT2D eigenvalue weighted by Gasteiger charge is 2.19. The van der Waals surface area contributed by atoms with Crippen LogP contribution in [0.5, 0.6) is 0 Å². The van der Waals surface area contributed by atoms with Gasteiger partial charge in [-0.25, -0.2) is 0 Å². The number of rotatable bonds is 5. The van der Waals surface area contributed by atoms with E-state index in [-0.39, 0.29) is 11.5 Å². The van der Waals surface area contributed by atoms with Crippen molar-refractivity contribution in [2.45, 2.75) is 39.5 Å². The summed E-state index contributed by atoms with van der Waals surface area (Å²) in [6.07, 6.45) is 4.88. The Bertz CT molecular complexity index is 488. The van der Waals surface area contributed by atoms with Crippen molar-refractivity contribution in [2.75, 3.05) is 11.5 Å². The van der Waals surface area contributed by atoms with Gasteiger partial charge < -0.3 is 0 Å². The van der Waals surface area contributed by atoms with Crippen molar-refractivity contribution < 1.29 is 9.00 Å². The molecule has 3 heteroatoms. The zero-order chi connectivity index (χ0) is 13.8. The monoisotopic (exact) mass is 278 g/mol. The van der Waals surface area contributed by atoms with Crippen LogP contribution < -0.4 is 0 Å². The van der Waals surface area contributed by atoms with E-state index in [0.29, 0.717) is 17.2 Å². The zero-order valence-corrected chi connectivity index (χ0v) is 12.6. The normalized spacial score (nSPS) is 17.6. The van der Waals surface area contributed by atoms with Gasteiger partial charge in [-0.1, -0.05) is 25.0 Å². The summed E-state index contributed by atoms with van der Waals surface area (Å²) in [6, 6.07) is 5.71. The van der Waals surface area contributed by atoms with E-state index >= 15 is 0 Å². The topological polar surface area (TPSA) is 34.1 Å². The van der Waals surface area contributed by atoms with Crippen LogP contribution in [0, 0.1) is 19.8 Å². The first-order valence-electron chi connectivity index (χ1n) is 7.01. The first-order valence-corrected chi connectivity index (χ1v) is 8.50. The van der Waals surface area contributed by atoms with E-state index in [1.165, 1.54) is 31.2 Å². The molecule has 1 unspecified atom stereocenters. The maximum atomic E-state index is 12.1. The van der Waals surface area contributed by atoms with Gasteiger partial charge in [0.2, 0.25) is 0 Å². The Labute approximate surface area is 118 Å². The zero-order valence-electron chi connectivity index (χ0n) is 11.8. The van der Waals surface area contributed by atoms with Crippen LogP contribution in [0.3, 0.4) is 0 Å².